The van der Waals surface area contributed by atoms with Gasteiger partial charge in [0, 0.05) is 6.42 Å². The summed E-state index contributed by atoms with van der Waals surface area (Å²) in [6.07, 6.45) is 2.67. The van der Waals surface area contributed by atoms with Crippen LogP contribution < -0.4 is 5.73 Å². The van der Waals surface area contributed by atoms with Crippen molar-refractivity contribution in [3.63, 3.8) is 0 Å². The minimum absolute atomic E-state index is 0.591. The molecule has 0 radical (unpaired) electrons. The van der Waals surface area contributed by atoms with Gasteiger partial charge in [-0.15, -0.1) is 0 Å². The maximum absolute atomic E-state index is 5.56. The van der Waals surface area contributed by atoms with Crippen molar-refractivity contribution >= 4 is 5.65 Å². The van der Waals surface area contributed by atoms with E-state index in [1.165, 1.54) is 0 Å². The van der Waals surface area contributed by atoms with Gasteiger partial charge in [-0.05, 0) is 37.7 Å². The lowest BCUT2D eigenvalue weighted by Crippen LogP contribution is -2.02. The van der Waals surface area contributed by atoms with Gasteiger partial charge in [0.2, 0.25) is 0 Å². The quantitative estimate of drug-likeness (QED) is 0.760. The van der Waals surface area contributed by atoms with E-state index in [0.717, 1.165) is 35.0 Å². The summed E-state index contributed by atoms with van der Waals surface area (Å²) < 4.78 is 7.32. The van der Waals surface area contributed by atoms with Gasteiger partial charge in [0.1, 0.15) is 11.5 Å². The molecule has 2 N–H and O–H groups in total. The van der Waals surface area contributed by atoms with Crippen LogP contribution in [0.2, 0.25) is 0 Å². The van der Waals surface area contributed by atoms with Gasteiger partial charge in [-0.25, -0.2) is 9.50 Å². The predicted molar refractivity (Wildman–Crippen MR) is 68.2 cm³/mol. The van der Waals surface area contributed by atoms with Crippen LogP contribution in [-0.2, 0) is 6.42 Å². The van der Waals surface area contributed by atoms with E-state index in [-0.39, 0.29) is 0 Å². The van der Waals surface area contributed by atoms with Crippen LogP contribution in [0.4, 0.5) is 0 Å². The molecular weight excluding hydrogens is 228 g/mol. The first-order valence-electron chi connectivity index (χ1n) is 5.88. The second kappa shape index (κ2) is 4.27. The van der Waals surface area contributed by atoms with Crippen LogP contribution in [0.5, 0.6) is 0 Å². The molecule has 0 spiro atoms. The maximum Gasteiger partial charge on any atom is 0.154 e. The predicted octanol–water partition coefficient (Wildman–Crippen LogP) is 1.80. The Hall–Kier alpha value is -2.14. The topological polar surface area (TPSA) is 69.3 Å². The zero-order valence-corrected chi connectivity index (χ0v) is 10.1. The average Bonchev–Trinajstić information content (AvgIpc) is 2.94. The molecule has 5 heteroatoms. The molecule has 3 aromatic rings. The van der Waals surface area contributed by atoms with Gasteiger partial charge in [0.25, 0.3) is 0 Å². The largest absolute Gasteiger partial charge is 0.460 e. The van der Waals surface area contributed by atoms with E-state index in [1.54, 1.807) is 4.52 Å². The average molecular weight is 242 g/mol. The van der Waals surface area contributed by atoms with Crippen molar-refractivity contribution < 1.29 is 4.42 Å². The molecule has 0 aliphatic rings. The summed E-state index contributed by atoms with van der Waals surface area (Å²) in [5.41, 5.74) is 8.10. The Morgan fingerprint density at radius 2 is 2.17 bits per heavy atom. The fourth-order valence-electron chi connectivity index (χ4n) is 1.90. The van der Waals surface area contributed by atoms with Gasteiger partial charge in [-0.1, -0.05) is 0 Å². The number of fused-ring (bicyclic) bond motifs is 1. The number of nitrogens with two attached hydrogens (primary N) is 1. The highest BCUT2D eigenvalue weighted by atomic mass is 16.3. The summed E-state index contributed by atoms with van der Waals surface area (Å²) in [6, 6.07) is 7.68. The minimum Gasteiger partial charge on any atom is -0.460 e. The first-order chi connectivity index (χ1) is 8.76. The minimum atomic E-state index is 0.591. The van der Waals surface area contributed by atoms with Crippen molar-refractivity contribution in [3.05, 3.63) is 41.9 Å². The zero-order chi connectivity index (χ0) is 12.5. The van der Waals surface area contributed by atoms with Crippen molar-refractivity contribution in [3.8, 4) is 11.5 Å². The molecule has 0 saturated heterocycles. The molecule has 3 rings (SSSR count). The molecule has 0 unspecified atom stereocenters. The second-order valence-corrected chi connectivity index (χ2v) is 4.20. The van der Waals surface area contributed by atoms with E-state index in [0.29, 0.717) is 6.54 Å². The van der Waals surface area contributed by atoms with Gasteiger partial charge in [0.05, 0.1) is 11.9 Å². The van der Waals surface area contributed by atoms with Gasteiger partial charge < -0.3 is 10.2 Å². The highest BCUT2D eigenvalue weighted by molar-refractivity contribution is 5.54. The maximum atomic E-state index is 5.56. The molecular formula is C13H14N4O. The van der Waals surface area contributed by atoms with Crippen molar-refractivity contribution in [1.82, 2.24) is 14.6 Å². The monoisotopic (exact) mass is 242 g/mol. The molecule has 0 atom stereocenters. The Morgan fingerprint density at radius 3 is 2.89 bits per heavy atom. The van der Waals surface area contributed by atoms with Gasteiger partial charge in [-0.3, -0.25) is 0 Å². The van der Waals surface area contributed by atoms with Crippen LogP contribution in [-0.4, -0.2) is 21.1 Å². The Labute approximate surface area is 104 Å². The lowest BCUT2D eigenvalue weighted by molar-refractivity contribution is 0.545. The lowest BCUT2D eigenvalue weighted by atomic mass is 10.3. The smallest absolute Gasteiger partial charge is 0.154 e. The summed E-state index contributed by atoms with van der Waals surface area (Å²) in [7, 11) is 0. The molecule has 3 aromatic heterocycles. The number of hydrogen-bond donors (Lipinski definition) is 1. The fourth-order valence-corrected chi connectivity index (χ4v) is 1.90. The van der Waals surface area contributed by atoms with Gasteiger partial charge >= 0.3 is 0 Å². The van der Waals surface area contributed by atoms with Crippen molar-refractivity contribution in [1.29, 1.82) is 0 Å². The van der Waals surface area contributed by atoms with E-state index in [9.17, 15) is 0 Å². The zero-order valence-electron chi connectivity index (χ0n) is 10.1. The summed E-state index contributed by atoms with van der Waals surface area (Å²) in [5.74, 6) is 1.64. The molecule has 0 saturated carbocycles. The molecule has 0 aromatic carbocycles. The molecule has 0 aliphatic heterocycles. The van der Waals surface area contributed by atoms with Crippen LogP contribution in [0.25, 0.3) is 17.1 Å². The fraction of sp³-hybridized carbons (Fsp3) is 0.231. The second-order valence-electron chi connectivity index (χ2n) is 4.20. The molecule has 18 heavy (non-hydrogen) atoms. The van der Waals surface area contributed by atoms with E-state index in [2.05, 4.69) is 10.1 Å². The number of furan rings is 1. The van der Waals surface area contributed by atoms with Crippen LogP contribution in [0.3, 0.4) is 0 Å². The Balaban J connectivity index is 2.05. The lowest BCUT2D eigenvalue weighted by Gasteiger charge is -1.97. The third-order valence-electron chi connectivity index (χ3n) is 2.76. The van der Waals surface area contributed by atoms with Crippen molar-refractivity contribution in [2.45, 2.75) is 13.3 Å². The van der Waals surface area contributed by atoms with E-state index in [1.807, 2.05) is 37.4 Å². The normalized spacial score (nSPS) is 11.2. The molecule has 5 nitrogen and oxygen atoms in total. The van der Waals surface area contributed by atoms with E-state index in [4.69, 9.17) is 10.2 Å². The summed E-state index contributed by atoms with van der Waals surface area (Å²) >= 11 is 0. The van der Waals surface area contributed by atoms with Crippen LogP contribution in [0.15, 0.2) is 34.9 Å². The first kappa shape index (κ1) is 11.0. The number of imidazole rings is 1. The molecule has 0 amide bonds. The number of nitrogens with zero attached hydrogens (tertiary/aromatic N) is 3. The van der Waals surface area contributed by atoms with Crippen molar-refractivity contribution in [2.24, 2.45) is 5.73 Å². The molecule has 92 valence electrons. The number of aromatic nitrogens is 3. The Morgan fingerprint density at radius 1 is 1.28 bits per heavy atom. The molecule has 0 aliphatic carbocycles. The molecule has 0 fully saturated rings. The van der Waals surface area contributed by atoms with E-state index < -0.39 is 0 Å². The van der Waals surface area contributed by atoms with Crippen LogP contribution in [0.1, 0.15) is 11.5 Å². The van der Waals surface area contributed by atoms with Crippen LogP contribution >= 0.6 is 0 Å². The SMILES string of the molecule is Cc1ccc(-c2ccc3nc(CCN)cn3n2)o1. The summed E-state index contributed by atoms with van der Waals surface area (Å²) in [6.45, 7) is 2.51. The number of hydrogen-bond acceptors (Lipinski definition) is 4. The summed E-state index contributed by atoms with van der Waals surface area (Å²) in [5, 5.41) is 4.48. The van der Waals surface area contributed by atoms with Gasteiger partial charge in [0.15, 0.2) is 11.4 Å². The third kappa shape index (κ3) is 1.89. The van der Waals surface area contributed by atoms with Gasteiger partial charge in [-0.2, -0.15) is 5.10 Å². The Bertz CT molecular complexity index is 683. The highest BCUT2D eigenvalue weighted by Crippen LogP contribution is 2.20. The molecule has 0 bridgehead atoms. The number of aryl methyl sites for hydroxylation is 1. The first-order valence-corrected chi connectivity index (χ1v) is 5.88. The highest BCUT2D eigenvalue weighted by Gasteiger charge is 2.07. The summed E-state index contributed by atoms with van der Waals surface area (Å²) in [4.78, 5) is 4.43. The Kier molecular flexibility index (Phi) is 2.60. The van der Waals surface area contributed by atoms with Crippen LogP contribution in [0, 0.1) is 6.92 Å². The third-order valence-corrected chi connectivity index (χ3v) is 2.76. The standard InChI is InChI=1S/C13H14N4O/c1-9-2-4-12(18-9)11-3-5-13-15-10(6-7-14)8-17(13)16-11/h2-5,8H,6-7,14H2,1H3. The van der Waals surface area contributed by atoms with E-state index >= 15 is 0 Å². The van der Waals surface area contributed by atoms with Crippen molar-refractivity contribution in [2.75, 3.05) is 6.54 Å². The number of rotatable bonds is 3. The molecule has 3 heterocycles.